The van der Waals surface area contributed by atoms with Crippen molar-refractivity contribution < 1.29 is 14.6 Å². The van der Waals surface area contributed by atoms with Gasteiger partial charge in [0.05, 0.1) is 6.61 Å². The predicted molar refractivity (Wildman–Crippen MR) is 49.7 cm³/mol. The zero-order valence-electron chi connectivity index (χ0n) is 7.37. The minimum absolute atomic E-state index is 0.212. The second-order valence-corrected chi connectivity index (χ2v) is 3.28. The van der Waals surface area contributed by atoms with E-state index in [1.807, 2.05) is 6.26 Å². The number of methoxy groups -OCH3 is 1. The molecule has 0 bridgehead atoms. The predicted octanol–water partition coefficient (Wildman–Crippen LogP) is 0.0386. The molecule has 0 saturated carbocycles. The van der Waals surface area contributed by atoms with Crippen molar-refractivity contribution in [1.82, 2.24) is 5.32 Å². The Hall–Kier alpha value is -0.260. The number of aliphatic carboxylic acids is 1. The van der Waals surface area contributed by atoms with E-state index in [4.69, 9.17) is 9.84 Å². The maximum atomic E-state index is 10.5. The van der Waals surface area contributed by atoms with Crippen molar-refractivity contribution in [3.8, 4) is 0 Å². The number of hydrogen-bond acceptors (Lipinski definition) is 4. The second-order valence-electron chi connectivity index (χ2n) is 2.29. The van der Waals surface area contributed by atoms with E-state index in [2.05, 4.69) is 5.32 Å². The summed E-state index contributed by atoms with van der Waals surface area (Å²) in [6, 6.07) is -0.581. The third-order valence-corrected chi connectivity index (χ3v) is 1.94. The third kappa shape index (κ3) is 5.40. The first-order chi connectivity index (χ1) is 5.72. The monoisotopic (exact) mass is 193 g/mol. The minimum Gasteiger partial charge on any atom is -0.480 e. The molecule has 0 heterocycles. The summed E-state index contributed by atoms with van der Waals surface area (Å²) in [5.41, 5.74) is 0. The number of carbonyl (C=O) groups is 1. The molecule has 5 heteroatoms. The highest BCUT2D eigenvalue weighted by Gasteiger charge is 2.15. The van der Waals surface area contributed by atoms with Crippen molar-refractivity contribution >= 4 is 17.7 Å². The van der Waals surface area contributed by atoms with E-state index < -0.39 is 12.0 Å². The number of thioether (sulfide) groups is 1. The minimum atomic E-state index is -0.863. The molecule has 0 saturated heterocycles. The molecule has 0 radical (unpaired) electrons. The van der Waals surface area contributed by atoms with E-state index in [-0.39, 0.29) is 6.61 Å². The zero-order valence-corrected chi connectivity index (χ0v) is 8.19. The quantitative estimate of drug-likeness (QED) is 0.559. The fourth-order valence-electron chi connectivity index (χ4n) is 0.719. The van der Waals surface area contributed by atoms with Crippen molar-refractivity contribution in [2.45, 2.75) is 6.04 Å². The van der Waals surface area contributed by atoms with Gasteiger partial charge in [0.1, 0.15) is 6.04 Å². The average molecular weight is 193 g/mol. The maximum absolute atomic E-state index is 10.5. The van der Waals surface area contributed by atoms with E-state index in [0.717, 1.165) is 5.75 Å². The molecule has 0 aliphatic rings. The normalized spacial score (nSPS) is 12.8. The van der Waals surface area contributed by atoms with Crippen molar-refractivity contribution in [1.29, 1.82) is 0 Å². The lowest BCUT2D eigenvalue weighted by Gasteiger charge is -2.12. The Labute approximate surface area is 76.7 Å². The lowest BCUT2D eigenvalue weighted by atomic mass is 10.3. The summed E-state index contributed by atoms with van der Waals surface area (Å²) in [6.45, 7) is 0.908. The van der Waals surface area contributed by atoms with Crippen LogP contribution in [0.25, 0.3) is 0 Å². The average Bonchev–Trinajstić information content (AvgIpc) is 2.03. The van der Waals surface area contributed by atoms with E-state index in [1.54, 1.807) is 11.8 Å². The van der Waals surface area contributed by atoms with E-state index in [0.29, 0.717) is 6.54 Å². The van der Waals surface area contributed by atoms with Gasteiger partial charge in [-0.2, -0.15) is 11.8 Å². The first-order valence-electron chi connectivity index (χ1n) is 3.66. The fraction of sp³-hybridized carbons (Fsp3) is 0.857. The van der Waals surface area contributed by atoms with Crippen molar-refractivity contribution in [3.05, 3.63) is 0 Å². The number of rotatable bonds is 7. The van der Waals surface area contributed by atoms with Gasteiger partial charge in [-0.3, -0.25) is 4.79 Å². The molecule has 4 nitrogen and oxygen atoms in total. The lowest BCUT2D eigenvalue weighted by Crippen LogP contribution is -2.41. The lowest BCUT2D eigenvalue weighted by molar-refractivity contribution is -0.140. The number of carboxylic acids is 1. The van der Waals surface area contributed by atoms with Gasteiger partial charge in [0.2, 0.25) is 0 Å². The molecule has 0 spiro atoms. The van der Waals surface area contributed by atoms with Gasteiger partial charge in [-0.15, -0.1) is 0 Å². The Morgan fingerprint density at radius 3 is 2.83 bits per heavy atom. The Balaban J connectivity index is 3.56. The SMILES string of the molecule is COCC(NCCSC)C(=O)O. The van der Waals surface area contributed by atoms with Crippen LogP contribution in [-0.4, -0.2) is 49.4 Å². The van der Waals surface area contributed by atoms with Crippen molar-refractivity contribution in [2.75, 3.05) is 32.3 Å². The zero-order chi connectivity index (χ0) is 9.40. The smallest absolute Gasteiger partial charge is 0.323 e. The molecule has 2 N–H and O–H groups in total. The highest BCUT2D eigenvalue weighted by atomic mass is 32.2. The van der Waals surface area contributed by atoms with Gasteiger partial charge >= 0.3 is 5.97 Å². The molecule has 0 fully saturated rings. The molecule has 0 aliphatic carbocycles. The molecule has 0 aliphatic heterocycles. The van der Waals surface area contributed by atoms with Crippen LogP contribution in [0.2, 0.25) is 0 Å². The standard InChI is InChI=1S/C7H15NO3S/c1-11-5-6(7(9)10)8-3-4-12-2/h6,8H,3-5H2,1-2H3,(H,9,10). The van der Waals surface area contributed by atoms with Gasteiger partial charge < -0.3 is 15.2 Å². The van der Waals surface area contributed by atoms with Crippen LogP contribution in [0.4, 0.5) is 0 Å². The molecular weight excluding hydrogens is 178 g/mol. The molecule has 1 atom stereocenters. The van der Waals surface area contributed by atoms with Crippen LogP contribution < -0.4 is 5.32 Å². The molecule has 1 unspecified atom stereocenters. The van der Waals surface area contributed by atoms with Gasteiger partial charge in [0.15, 0.2) is 0 Å². The number of hydrogen-bond donors (Lipinski definition) is 2. The summed E-state index contributed by atoms with van der Waals surface area (Å²) in [4.78, 5) is 10.5. The molecule has 72 valence electrons. The summed E-state index contributed by atoms with van der Waals surface area (Å²) >= 11 is 1.68. The van der Waals surface area contributed by atoms with E-state index >= 15 is 0 Å². The van der Waals surface area contributed by atoms with Gasteiger partial charge in [-0.05, 0) is 6.26 Å². The molecular formula is C7H15NO3S. The maximum Gasteiger partial charge on any atom is 0.323 e. The van der Waals surface area contributed by atoms with Crippen LogP contribution >= 0.6 is 11.8 Å². The van der Waals surface area contributed by atoms with Crippen molar-refractivity contribution in [3.63, 3.8) is 0 Å². The number of nitrogens with one attached hydrogen (secondary N) is 1. The molecule has 0 rings (SSSR count). The van der Waals surface area contributed by atoms with E-state index in [9.17, 15) is 4.79 Å². The summed E-state index contributed by atoms with van der Waals surface area (Å²) in [5, 5.41) is 11.5. The van der Waals surface area contributed by atoms with Crippen molar-refractivity contribution in [2.24, 2.45) is 0 Å². The van der Waals surface area contributed by atoms with Crippen LogP contribution in [0.15, 0.2) is 0 Å². The second kappa shape index (κ2) is 7.39. The summed E-state index contributed by atoms with van der Waals surface area (Å²) in [6.07, 6.45) is 1.98. The first-order valence-corrected chi connectivity index (χ1v) is 5.05. The van der Waals surface area contributed by atoms with Gasteiger partial charge in [0.25, 0.3) is 0 Å². The third-order valence-electron chi connectivity index (χ3n) is 1.33. The summed E-state index contributed by atoms with van der Waals surface area (Å²) in [5.74, 6) is 0.0472. The first kappa shape index (κ1) is 11.7. The summed E-state index contributed by atoms with van der Waals surface area (Å²) < 4.78 is 4.75. The Kier molecular flexibility index (Phi) is 7.23. The molecule has 12 heavy (non-hydrogen) atoms. The van der Waals surface area contributed by atoms with Gasteiger partial charge in [-0.25, -0.2) is 0 Å². The largest absolute Gasteiger partial charge is 0.480 e. The molecule has 0 aromatic heterocycles. The molecule has 0 aromatic carbocycles. The Bertz CT molecular complexity index is 132. The Morgan fingerprint density at radius 2 is 2.42 bits per heavy atom. The van der Waals surface area contributed by atoms with Gasteiger partial charge in [0, 0.05) is 19.4 Å². The molecule has 0 aromatic rings. The van der Waals surface area contributed by atoms with Crippen LogP contribution in [-0.2, 0) is 9.53 Å². The fourth-order valence-corrected chi connectivity index (χ4v) is 1.04. The van der Waals surface area contributed by atoms with Crippen LogP contribution in [0, 0.1) is 0 Å². The Morgan fingerprint density at radius 1 is 1.75 bits per heavy atom. The number of ether oxygens (including phenoxy) is 1. The van der Waals surface area contributed by atoms with Crippen LogP contribution in [0.3, 0.4) is 0 Å². The van der Waals surface area contributed by atoms with Crippen LogP contribution in [0.5, 0.6) is 0 Å². The topological polar surface area (TPSA) is 58.6 Å². The van der Waals surface area contributed by atoms with Crippen LogP contribution in [0.1, 0.15) is 0 Å². The number of carboxylic acid groups (broad SMARTS) is 1. The summed E-state index contributed by atoms with van der Waals surface area (Å²) in [7, 11) is 1.49. The molecule has 0 amide bonds. The highest BCUT2D eigenvalue weighted by Crippen LogP contribution is 1.90. The van der Waals surface area contributed by atoms with E-state index in [1.165, 1.54) is 7.11 Å². The van der Waals surface area contributed by atoms with Gasteiger partial charge in [-0.1, -0.05) is 0 Å². The highest BCUT2D eigenvalue weighted by molar-refractivity contribution is 7.98.